The van der Waals surface area contributed by atoms with Crippen LogP contribution >= 0.6 is 11.3 Å². The van der Waals surface area contributed by atoms with Crippen molar-refractivity contribution in [2.45, 2.75) is 32.9 Å². The lowest BCUT2D eigenvalue weighted by molar-refractivity contribution is -0.114. The molecule has 1 fully saturated rings. The number of nitrogens with one attached hydrogen (secondary N) is 1. The van der Waals surface area contributed by atoms with Gasteiger partial charge in [-0.15, -0.1) is 11.3 Å². The van der Waals surface area contributed by atoms with Crippen LogP contribution in [-0.4, -0.2) is 58.4 Å². The zero-order valence-electron chi connectivity index (χ0n) is 15.0. The molecule has 6 nitrogen and oxygen atoms in total. The number of thiazole rings is 1. The average molecular weight is 359 g/mol. The summed E-state index contributed by atoms with van der Waals surface area (Å²) in [7, 11) is 2.21. The number of hydrogen-bond donors (Lipinski definition) is 1. The van der Waals surface area contributed by atoms with Gasteiger partial charge in [0, 0.05) is 62.1 Å². The van der Waals surface area contributed by atoms with E-state index in [4.69, 9.17) is 0 Å². The van der Waals surface area contributed by atoms with Crippen LogP contribution in [0.1, 0.15) is 23.1 Å². The summed E-state index contributed by atoms with van der Waals surface area (Å²) in [6.45, 7) is 7.58. The fraction of sp³-hybridized carbons (Fsp3) is 0.500. The first-order chi connectivity index (χ1) is 12.0. The van der Waals surface area contributed by atoms with Gasteiger partial charge in [0.15, 0.2) is 5.13 Å². The lowest BCUT2D eigenvalue weighted by Gasteiger charge is -2.39. The van der Waals surface area contributed by atoms with E-state index in [1.807, 2.05) is 19.3 Å². The van der Waals surface area contributed by atoms with Crippen LogP contribution in [0.5, 0.6) is 0 Å². The van der Waals surface area contributed by atoms with Gasteiger partial charge in [0.25, 0.3) is 0 Å². The fourth-order valence-electron chi connectivity index (χ4n) is 3.19. The predicted octanol–water partition coefficient (Wildman–Crippen LogP) is 2.16. The smallest absolute Gasteiger partial charge is 0.223 e. The van der Waals surface area contributed by atoms with E-state index in [1.165, 1.54) is 17.4 Å². The maximum absolute atomic E-state index is 11.1. The lowest BCUT2D eigenvalue weighted by atomic mass is 10.0. The molecule has 0 aliphatic carbocycles. The molecule has 0 saturated carbocycles. The van der Waals surface area contributed by atoms with Crippen molar-refractivity contribution in [2.24, 2.45) is 0 Å². The Balaban J connectivity index is 1.60. The Morgan fingerprint density at radius 2 is 2.24 bits per heavy atom. The molecule has 134 valence electrons. The predicted molar refractivity (Wildman–Crippen MR) is 101 cm³/mol. The summed E-state index contributed by atoms with van der Waals surface area (Å²) in [4.78, 5) is 25.8. The first kappa shape index (κ1) is 18.0. The van der Waals surface area contributed by atoms with Crippen molar-refractivity contribution >= 4 is 22.4 Å². The van der Waals surface area contributed by atoms with Crippen molar-refractivity contribution in [1.29, 1.82) is 0 Å². The summed E-state index contributed by atoms with van der Waals surface area (Å²) >= 11 is 1.56. The third-order valence-corrected chi connectivity index (χ3v) is 5.41. The van der Waals surface area contributed by atoms with Crippen molar-refractivity contribution in [1.82, 2.24) is 19.8 Å². The van der Waals surface area contributed by atoms with Gasteiger partial charge in [0.1, 0.15) is 0 Å². The Hall–Kier alpha value is -1.83. The molecule has 2 aromatic heterocycles. The molecule has 25 heavy (non-hydrogen) atoms. The van der Waals surface area contributed by atoms with Crippen LogP contribution in [0.25, 0.3) is 0 Å². The number of aromatic nitrogens is 2. The molecule has 3 rings (SSSR count). The summed E-state index contributed by atoms with van der Waals surface area (Å²) in [6, 6.07) is 4.79. The first-order valence-corrected chi connectivity index (χ1v) is 9.37. The SMILES string of the molecule is CC(=O)Nc1ncc(CN2CCN(C)C(Cc3ccnc(C)c3)C2)s1. The highest BCUT2D eigenvalue weighted by molar-refractivity contribution is 7.15. The van der Waals surface area contributed by atoms with Crippen LogP contribution in [0, 0.1) is 6.92 Å². The summed E-state index contributed by atoms with van der Waals surface area (Å²) < 4.78 is 0. The molecule has 7 heteroatoms. The largest absolute Gasteiger partial charge is 0.302 e. The minimum atomic E-state index is -0.0757. The van der Waals surface area contributed by atoms with E-state index in [9.17, 15) is 4.79 Å². The van der Waals surface area contributed by atoms with Crippen molar-refractivity contribution in [3.63, 3.8) is 0 Å². The van der Waals surface area contributed by atoms with Gasteiger partial charge in [-0.2, -0.15) is 0 Å². The number of carbonyl (C=O) groups excluding carboxylic acids is 1. The molecule has 1 amide bonds. The van der Waals surface area contributed by atoms with Gasteiger partial charge in [0.2, 0.25) is 5.91 Å². The van der Waals surface area contributed by atoms with Gasteiger partial charge in [-0.05, 0) is 38.1 Å². The normalized spacial score (nSPS) is 19.1. The Kier molecular flexibility index (Phi) is 5.78. The zero-order valence-corrected chi connectivity index (χ0v) is 15.8. The molecule has 0 aromatic carbocycles. The Labute approximate surface area is 152 Å². The minimum Gasteiger partial charge on any atom is -0.302 e. The maximum Gasteiger partial charge on any atom is 0.223 e. The highest BCUT2D eigenvalue weighted by atomic mass is 32.1. The van der Waals surface area contributed by atoms with Gasteiger partial charge in [-0.3, -0.25) is 14.7 Å². The number of nitrogens with zero attached hydrogens (tertiary/aromatic N) is 4. The quantitative estimate of drug-likeness (QED) is 0.886. The van der Waals surface area contributed by atoms with E-state index in [2.05, 4.69) is 44.3 Å². The van der Waals surface area contributed by atoms with Crippen LogP contribution in [0.3, 0.4) is 0 Å². The van der Waals surface area contributed by atoms with Crippen LogP contribution < -0.4 is 5.32 Å². The number of hydrogen-bond acceptors (Lipinski definition) is 6. The first-order valence-electron chi connectivity index (χ1n) is 8.56. The lowest BCUT2D eigenvalue weighted by Crippen LogP contribution is -2.51. The molecule has 1 atom stereocenters. The number of piperazine rings is 1. The van der Waals surface area contributed by atoms with E-state index in [0.717, 1.165) is 38.3 Å². The molecule has 2 aromatic rings. The highest BCUT2D eigenvalue weighted by Crippen LogP contribution is 2.22. The Morgan fingerprint density at radius 3 is 3.00 bits per heavy atom. The number of rotatable bonds is 5. The summed E-state index contributed by atoms with van der Waals surface area (Å²) in [5.74, 6) is -0.0757. The minimum absolute atomic E-state index is 0.0757. The Morgan fingerprint density at radius 1 is 1.40 bits per heavy atom. The summed E-state index contributed by atoms with van der Waals surface area (Å²) in [5.41, 5.74) is 2.42. The van der Waals surface area contributed by atoms with E-state index < -0.39 is 0 Å². The number of anilines is 1. The topological polar surface area (TPSA) is 61.4 Å². The molecular weight excluding hydrogens is 334 g/mol. The van der Waals surface area contributed by atoms with Gasteiger partial charge < -0.3 is 10.2 Å². The average Bonchev–Trinajstić information content (AvgIpc) is 2.97. The van der Waals surface area contributed by atoms with E-state index >= 15 is 0 Å². The third kappa shape index (κ3) is 5.07. The van der Waals surface area contributed by atoms with E-state index in [-0.39, 0.29) is 5.91 Å². The van der Waals surface area contributed by atoms with Crippen molar-refractivity contribution in [3.8, 4) is 0 Å². The van der Waals surface area contributed by atoms with E-state index in [1.54, 1.807) is 11.3 Å². The molecule has 1 saturated heterocycles. The number of likely N-dealkylation sites (N-methyl/N-ethyl adjacent to an activating group) is 1. The standard InChI is InChI=1S/C18H25N5OS/c1-13-8-15(4-5-19-13)9-16-11-23(7-6-22(16)3)12-17-10-20-18(25-17)21-14(2)24/h4-5,8,10,16H,6-7,9,11-12H2,1-3H3,(H,20,21,24). The van der Waals surface area contributed by atoms with E-state index in [0.29, 0.717) is 11.2 Å². The maximum atomic E-state index is 11.1. The molecule has 1 aliphatic heterocycles. The molecule has 0 spiro atoms. The van der Waals surface area contributed by atoms with Crippen LogP contribution in [0.15, 0.2) is 24.5 Å². The van der Waals surface area contributed by atoms with Crippen LogP contribution in [-0.2, 0) is 17.8 Å². The molecule has 0 radical (unpaired) electrons. The number of pyridine rings is 1. The van der Waals surface area contributed by atoms with Crippen LogP contribution in [0.4, 0.5) is 5.13 Å². The molecular formula is C18H25N5OS. The number of amides is 1. The zero-order chi connectivity index (χ0) is 17.8. The monoisotopic (exact) mass is 359 g/mol. The Bertz CT molecular complexity index is 732. The van der Waals surface area contributed by atoms with Gasteiger partial charge in [-0.25, -0.2) is 4.98 Å². The van der Waals surface area contributed by atoms with Gasteiger partial charge >= 0.3 is 0 Å². The molecule has 1 aliphatic rings. The summed E-state index contributed by atoms with van der Waals surface area (Å²) in [6.07, 6.45) is 4.80. The number of carbonyl (C=O) groups is 1. The fourth-order valence-corrected chi connectivity index (χ4v) is 4.09. The third-order valence-electron chi connectivity index (χ3n) is 4.51. The van der Waals surface area contributed by atoms with Crippen molar-refractivity contribution in [2.75, 3.05) is 32.0 Å². The second-order valence-corrected chi connectivity index (χ2v) is 7.81. The van der Waals surface area contributed by atoms with Crippen molar-refractivity contribution in [3.05, 3.63) is 40.7 Å². The second-order valence-electron chi connectivity index (χ2n) is 6.69. The van der Waals surface area contributed by atoms with Gasteiger partial charge in [0.05, 0.1) is 0 Å². The van der Waals surface area contributed by atoms with Crippen molar-refractivity contribution < 1.29 is 4.79 Å². The molecule has 0 bridgehead atoms. The highest BCUT2D eigenvalue weighted by Gasteiger charge is 2.25. The molecule has 3 heterocycles. The summed E-state index contributed by atoms with van der Waals surface area (Å²) in [5, 5.41) is 3.43. The molecule has 1 unspecified atom stereocenters. The second kappa shape index (κ2) is 8.03. The molecule has 1 N–H and O–H groups in total. The number of aryl methyl sites for hydroxylation is 1. The van der Waals surface area contributed by atoms with Crippen LogP contribution in [0.2, 0.25) is 0 Å². The van der Waals surface area contributed by atoms with Gasteiger partial charge in [-0.1, -0.05) is 0 Å².